The number of pyridine rings is 2. The normalized spacial score (nSPS) is 11.3. The second kappa shape index (κ2) is 12.3. The largest absolute Gasteiger partial charge is 0.493 e. The number of aromatic nitrogens is 2. The van der Waals surface area contributed by atoms with Crippen molar-refractivity contribution in [3.8, 4) is 16.9 Å². The van der Waals surface area contributed by atoms with Crippen LogP contribution in [-0.4, -0.2) is 46.9 Å². The van der Waals surface area contributed by atoms with Gasteiger partial charge in [-0.1, -0.05) is 54.6 Å². The number of para-hydroxylation sites is 1. The van der Waals surface area contributed by atoms with Crippen LogP contribution in [0.5, 0.6) is 5.75 Å². The molecule has 0 fully saturated rings. The molecule has 0 saturated heterocycles. The molecule has 0 bridgehead atoms. The zero-order valence-electron chi connectivity index (χ0n) is 20.8. The predicted octanol–water partition coefficient (Wildman–Crippen LogP) is 4.43. The van der Waals surface area contributed by atoms with Gasteiger partial charge in [0.1, 0.15) is 18.1 Å². The smallest absolute Gasteiger partial charge is 0.322 e. The third-order valence-electron chi connectivity index (χ3n) is 5.62. The summed E-state index contributed by atoms with van der Waals surface area (Å²) in [5, 5.41) is 11.6. The standard InChI is InChI=1S/C28H28N4O5S/c1-2-37-25-10-4-3-9-24(25)22-15-13-21(14-16-22)19-32(38(35,36)27-12-5-6-17-29-27)20-23-8-7-11-26(31-23)30-18-28(33)34/h3-17H,2,18-20H2,1H3,(H,30,31)(H,33,34). The molecule has 4 rings (SSSR count). The Morgan fingerprint density at radius 1 is 0.947 bits per heavy atom. The zero-order valence-corrected chi connectivity index (χ0v) is 21.6. The van der Waals surface area contributed by atoms with Crippen molar-refractivity contribution in [1.29, 1.82) is 0 Å². The van der Waals surface area contributed by atoms with E-state index in [1.54, 1.807) is 30.3 Å². The van der Waals surface area contributed by atoms with E-state index in [1.807, 2.05) is 55.5 Å². The molecule has 196 valence electrons. The number of aliphatic carboxylic acids is 1. The van der Waals surface area contributed by atoms with Gasteiger partial charge in [0.15, 0.2) is 5.03 Å². The number of anilines is 1. The molecule has 4 aromatic rings. The number of carbonyl (C=O) groups is 1. The van der Waals surface area contributed by atoms with Gasteiger partial charge >= 0.3 is 5.97 Å². The van der Waals surface area contributed by atoms with Gasteiger partial charge in [0.05, 0.1) is 18.8 Å². The summed E-state index contributed by atoms with van der Waals surface area (Å²) in [6.45, 7) is 2.24. The number of rotatable bonds is 12. The molecule has 10 heteroatoms. The minimum Gasteiger partial charge on any atom is -0.493 e. The number of carboxylic acid groups (broad SMARTS) is 1. The first-order valence-electron chi connectivity index (χ1n) is 12.0. The van der Waals surface area contributed by atoms with Crippen LogP contribution < -0.4 is 10.1 Å². The number of nitrogens with zero attached hydrogens (tertiary/aromatic N) is 3. The van der Waals surface area contributed by atoms with Crippen LogP contribution in [0.15, 0.2) is 96.2 Å². The Labute approximate surface area is 221 Å². The maximum atomic E-state index is 13.6. The molecule has 2 N–H and O–H groups in total. The van der Waals surface area contributed by atoms with E-state index in [1.165, 1.54) is 16.6 Å². The molecule has 0 aliphatic heterocycles. The third-order valence-corrected chi connectivity index (χ3v) is 7.33. The van der Waals surface area contributed by atoms with Gasteiger partial charge in [0.2, 0.25) is 0 Å². The van der Waals surface area contributed by atoms with Crippen LogP contribution in [0, 0.1) is 0 Å². The van der Waals surface area contributed by atoms with Gasteiger partial charge in [0, 0.05) is 18.3 Å². The van der Waals surface area contributed by atoms with E-state index in [0.29, 0.717) is 18.1 Å². The second-order valence-electron chi connectivity index (χ2n) is 8.33. The quantitative estimate of drug-likeness (QED) is 0.275. The summed E-state index contributed by atoms with van der Waals surface area (Å²) in [5.41, 5.74) is 3.15. The summed E-state index contributed by atoms with van der Waals surface area (Å²) in [6.07, 6.45) is 1.43. The van der Waals surface area contributed by atoms with E-state index >= 15 is 0 Å². The van der Waals surface area contributed by atoms with Gasteiger partial charge in [-0.2, -0.15) is 4.31 Å². The Kier molecular flexibility index (Phi) is 8.67. The van der Waals surface area contributed by atoms with Crippen molar-refractivity contribution in [2.45, 2.75) is 25.0 Å². The molecule has 2 aromatic carbocycles. The van der Waals surface area contributed by atoms with Crippen LogP contribution >= 0.6 is 0 Å². The molecule has 9 nitrogen and oxygen atoms in total. The fraction of sp³-hybridized carbons (Fsp3) is 0.179. The van der Waals surface area contributed by atoms with Crippen molar-refractivity contribution in [3.05, 3.63) is 102 Å². The van der Waals surface area contributed by atoms with Crippen LogP contribution in [0.2, 0.25) is 0 Å². The SMILES string of the molecule is CCOc1ccccc1-c1ccc(CN(Cc2cccc(NCC(=O)O)n2)S(=O)(=O)c2ccccn2)cc1. The molecule has 2 heterocycles. The average Bonchev–Trinajstić information content (AvgIpc) is 2.93. The second-order valence-corrected chi connectivity index (χ2v) is 10.2. The van der Waals surface area contributed by atoms with E-state index < -0.39 is 16.0 Å². The molecule has 0 aliphatic rings. The minimum absolute atomic E-state index is 0.0313. The molecule has 0 aliphatic carbocycles. The topological polar surface area (TPSA) is 122 Å². The zero-order chi connectivity index (χ0) is 27.0. The number of sulfonamides is 1. The highest BCUT2D eigenvalue weighted by molar-refractivity contribution is 7.89. The van der Waals surface area contributed by atoms with E-state index in [4.69, 9.17) is 9.84 Å². The molecule has 38 heavy (non-hydrogen) atoms. The molecule has 0 radical (unpaired) electrons. The van der Waals surface area contributed by atoms with Crippen molar-refractivity contribution in [3.63, 3.8) is 0 Å². The van der Waals surface area contributed by atoms with E-state index in [-0.39, 0.29) is 24.7 Å². The maximum absolute atomic E-state index is 13.6. The molecular weight excluding hydrogens is 504 g/mol. The Balaban J connectivity index is 1.62. The Morgan fingerprint density at radius 3 is 2.42 bits per heavy atom. The Bertz CT molecular complexity index is 1480. The average molecular weight is 533 g/mol. The lowest BCUT2D eigenvalue weighted by Crippen LogP contribution is -2.31. The molecule has 0 unspecified atom stereocenters. The van der Waals surface area contributed by atoms with Gasteiger partial charge in [-0.3, -0.25) is 4.79 Å². The molecule has 2 aromatic heterocycles. The van der Waals surface area contributed by atoms with Gasteiger partial charge in [-0.25, -0.2) is 18.4 Å². The van der Waals surface area contributed by atoms with Crippen LogP contribution in [0.25, 0.3) is 11.1 Å². The predicted molar refractivity (Wildman–Crippen MR) is 144 cm³/mol. The minimum atomic E-state index is -3.96. The lowest BCUT2D eigenvalue weighted by molar-refractivity contribution is -0.134. The van der Waals surface area contributed by atoms with Crippen LogP contribution in [-0.2, 0) is 27.9 Å². The molecule has 0 atom stereocenters. The van der Waals surface area contributed by atoms with Gasteiger partial charge in [-0.15, -0.1) is 0 Å². The Hall–Kier alpha value is -4.28. The first-order valence-corrected chi connectivity index (χ1v) is 13.4. The van der Waals surface area contributed by atoms with Crippen LogP contribution in [0.4, 0.5) is 5.82 Å². The molecule has 0 spiro atoms. The molecule has 0 amide bonds. The third kappa shape index (κ3) is 6.72. The molecular formula is C28H28N4O5S. The first-order chi connectivity index (χ1) is 18.4. The monoisotopic (exact) mass is 532 g/mol. The highest BCUT2D eigenvalue weighted by atomic mass is 32.2. The number of ether oxygens (including phenoxy) is 1. The summed E-state index contributed by atoms with van der Waals surface area (Å²) in [7, 11) is -3.96. The summed E-state index contributed by atoms with van der Waals surface area (Å²) in [4.78, 5) is 19.4. The highest BCUT2D eigenvalue weighted by Gasteiger charge is 2.26. The lowest BCUT2D eigenvalue weighted by Gasteiger charge is -2.22. The van der Waals surface area contributed by atoms with E-state index in [0.717, 1.165) is 22.4 Å². The van der Waals surface area contributed by atoms with Gasteiger partial charge in [-0.05, 0) is 48.4 Å². The van der Waals surface area contributed by atoms with Crippen LogP contribution in [0.3, 0.4) is 0 Å². The summed E-state index contributed by atoms with van der Waals surface area (Å²) < 4.78 is 34.2. The number of nitrogens with one attached hydrogen (secondary N) is 1. The maximum Gasteiger partial charge on any atom is 0.322 e. The summed E-state index contributed by atoms with van der Waals surface area (Å²) in [6, 6.07) is 25.2. The van der Waals surface area contributed by atoms with E-state index in [9.17, 15) is 13.2 Å². The molecule has 0 saturated carbocycles. The van der Waals surface area contributed by atoms with Crippen molar-refractivity contribution < 1.29 is 23.1 Å². The fourth-order valence-corrected chi connectivity index (χ4v) is 5.18. The van der Waals surface area contributed by atoms with E-state index in [2.05, 4.69) is 15.3 Å². The highest BCUT2D eigenvalue weighted by Crippen LogP contribution is 2.30. The summed E-state index contributed by atoms with van der Waals surface area (Å²) in [5.74, 6) is 0.103. The lowest BCUT2D eigenvalue weighted by atomic mass is 10.0. The Morgan fingerprint density at radius 2 is 1.71 bits per heavy atom. The van der Waals surface area contributed by atoms with Crippen molar-refractivity contribution in [1.82, 2.24) is 14.3 Å². The number of carboxylic acids is 1. The van der Waals surface area contributed by atoms with Crippen LogP contribution in [0.1, 0.15) is 18.2 Å². The van der Waals surface area contributed by atoms with Gasteiger partial charge in [0.25, 0.3) is 10.0 Å². The van der Waals surface area contributed by atoms with Crippen molar-refractivity contribution in [2.75, 3.05) is 18.5 Å². The number of hydrogen-bond donors (Lipinski definition) is 2. The van der Waals surface area contributed by atoms with Gasteiger partial charge < -0.3 is 15.2 Å². The number of hydrogen-bond acceptors (Lipinski definition) is 7. The summed E-state index contributed by atoms with van der Waals surface area (Å²) >= 11 is 0. The number of benzene rings is 2. The first kappa shape index (κ1) is 26.8. The fourth-order valence-electron chi connectivity index (χ4n) is 3.85. The van der Waals surface area contributed by atoms with Crippen molar-refractivity contribution in [2.24, 2.45) is 0 Å². The van der Waals surface area contributed by atoms with Crippen molar-refractivity contribution >= 4 is 21.8 Å².